The van der Waals surface area contributed by atoms with E-state index >= 15 is 0 Å². The predicted octanol–water partition coefficient (Wildman–Crippen LogP) is 1.17. The highest BCUT2D eigenvalue weighted by molar-refractivity contribution is 5.92. The lowest BCUT2D eigenvalue weighted by Gasteiger charge is -2.04. The molecule has 90 valence electrons. The highest BCUT2D eigenvalue weighted by Crippen LogP contribution is 2.17. The summed E-state index contributed by atoms with van der Waals surface area (Å²) in [6, 6.07) is 8.49. The second kappa shape index (κ2) is 5.01. The van der Waals surface area contributed by atoms with E-state index in [0.717, 1.165) is 0 Å². The van der Waals surface area contributed by atoms with Gasteiger partial charge in [-0.1, -0.05) is 18.2 Å². The highest BCUT2D eigenvalue weighted by atomic mass is 16.3. The van der Waals surface area contributed by atoms with Gasteiger partial charge in [-0.3, -0.25) is 9.89 Å². The molecule has 1 heterocycles. The van der Waals surface area contributed by atoms with E-state index in [9.17, 15) is 9.90 Å². The molecule has 0 bridgehead atoms. The molecule has 3 N–H and O–H groups in total. The molecule has 18 heavy (non-hydrogen) atoms. The number of anilines is 1. The van der Waals surface area contributed by atoms with Crippen molar-refractivity contribution in [2.24, 2.45) is 0 Å². The molecule has 2 aromatic rings. The van der Waals surface area contributed by atoms with Crippen LogP contribution in [0.15, 0.2) is 30.5 Å². The minimum Gasteiger partial charge on any atom is -0.508 e. The number of hydrogen-bond donors (Lipinski definition) is 3. The van der Waals surface area contributed by atoms with E-state index in [0.29, 0.717) is 5.56 Å². The predicted molar refractivity (Wildman–Crippen MR) is 63.7 cm³/mol. The molecule has 0 aliphatic carbocycles. The summed E-state index contributed by atoms with van der Waals surface area (Å²) in [6.07, 6.45) is 1.35. The lowest BCUT2D eigenvalue weighted by Crippen LogP contribution is -2.15. The van der Waals surface area contributed by atoms with Crippen molar-refractivity contribution in [3.8, 4) is 11.8 Å². The average molecular weight is 242 g/mol. The molecule has 6 nitrogen and oxygen atoms in total. The molecule has 0 radical (unpaired) electrons. The SMILES string of the molecule is N#Cc1cn[nH]c1NC(=O)Cc1ccccc1O. The van der Waals surface area contributed by atoms with Crippen LogP contribution in [0, 0.1) is 11.3 Å². The van der Waals surface area contributed by atoms with Crippen molar-refractivity contribution in [2.45, 2.75) is 6.42 Å². The first-order chi connectivity index (χ1) is 8.70. The number of carbonyl (C=O) groups excluding carboxylic acids is 1. The summed E-state index contributed by atoms with van der Waals surface area (Å²) in [5.41, 5.74) is 0.786. The molecule has 0 aliphatic rings. The molecule has 2 rings (SSSR count). The number of aromatic hydroxyl groups is 1. The van der Waals surface area contributed by atoms with Crippen molar-refractivity contribution in [3.63, 3.8) is 0 Å². The van der Waals surface area contributed by atoms with Gasteiger partial charge in [0.2, 0.25) is 5.91 Å². The van der Waals surface area contributed by atoms with E-state index in [-0.39, 0.29) is 29.5 Å². The molecule has 1 aromatic heterocycles. The Hall–Kier alpha value is -2.81. The zero-order chi connectivity index (χ0) is 13.0. The van der Waals surface area contributed by atoms with E-state index in [1.54, 1.807) is 18.2 Å². The fourth-order valence-corrected chi connectivity index (χ4v) is 1.48. The van der Waals surface area contributed by atoms with E-state index in [4.69, 9.17) is 5.26 Å². The number of H-pyrrole nitrogens is 1. The number of amides is 1. The van der Waals surface area contributed by atoms with Crippen molar-refractivity contribution in [1.29, 1.82) is 5.26 Å². The number of aromatic nitrogens is 2. The number of nitriles is 1. The van der Waals surface area contributed by atoms with Crippen molar-refractivity contribution < 1.29 is 9.90 Å². The Balaban J connectivity index is 2.06. The lowest BCUT2D eigenvalue weighted by atomic mass is 10.1. The van der Waals surface area contributed by atoms with E-state index in [1.807, 2.05) is 6.07 Å². The fraction of sp³-hybridized carbons (Fsp3) is 0.0833. The third-order valence-corrected chi connectivity index (χ3v) is 2.37. The Morgan fingerprint density at radius 2 is 2.28 bits per heavy atom. The van der Waals surface area contributed by atoms with Gasteiger partial charge in [-0.15, -0.1) is 0 Å². The van der Waals surface area contributed by atoms with Crippen LogP contribution in [0.3, 0.4) is 0 Å². The van der Waals surface area contributed by atoms with E-state index < -0.39 is 0 Å². The zero-order valence-electron chi connectivity index (χ0n) is 9.34. The summed E-state index contributed by atoms with van der Waals surface area (Å²) < 4.78 is 0. The Morgan fingerprint density at radius 1 is 1.50 bits per heavy atom. The fourth-order valence-electron chi connectivity index (χ4n) is 1.48. The lowest BCUT2D eigenvalue weighted by molar-refractivity contribution is -0.115. The molecule has 0 saturated heterocycles. The van der Waals surface area contributed by atoms with Gasteiger partial charge in [-0.05, 0) is 6.07 Å². The van der Waals surface area contributed by atoms with Gasteiger partial charge in [0.15, 0.2) is 0 Å². The second-order valence-corrected chi connectivity index (χ2v) is 3.62. The minimum atomic E-state index is -0.336. The third kappa shape index (κ3) is 2.47. The first-order valence-corrected chi connectivity index (χ1v) is 5.21. The van der Waals surface area contributed by atoms with Gasteiger partial charge in [0.05, 0.1) is 12.6 Å². The van der Waals surface area contributed by atoms with Gasteiger partial charge in [-0.2, -0.15) is 10.4 Å². The highest BCUT2D eigenvalue weighted by Gasteiger charge is 2.10. The quantitative estimate of drug-likeness (QED) is 0.751. The number of nitrogens with one attached hydrogen (secondary N) is 2. The van der Waals surface area contributed by atoms with Crippen molar-refractivity contribution >= 4 is 11.7 Å². The monoisotopic (exact) mass is 242 g/mol. The molecule has 1 amide bonds. The Morgan fingerprint density at radius 3 is 3.00 bits per heavy atom. The van der Waals surface area contributed by atoms with Crippen LogP contribution in [0.4, 0.5) is 5.82 Å². The van der Waals surface area contributed by atoms with Crippen LogP contribution in [-0.4, -0.2) is 21.2 Å². The molecule has 0 atom stereocenters. The summed E-state index contributed by atoms with van der Waals surface area (Å²) in [7, 11) is 0. The normalized spacial score (nSPS) is 9.72. The topological polar surface area (TPSA) is 102 Å². The number of phenolic OH excluding ortho intramolecular Hbond substituents is 1. The molecule has 0 saturated carbocycles. The summed E-state index contributed by atoms with van der Waals surface area (Å²) in [5, 5.41) is 27.0. The van der Waals surface area contributed by atoms with Crippen LogP contribution >= 0.6 is 0 Å². The molecule has 0 fully saturated rings. The molecular weight excluding hydrogens is 232 g/mol. The van der Waals surface area contributed by atoms with Crippen LogP contribution in [0.5, 0.6) is 5.75 Å². The van der Waals surface area contributed by atoms with Gasteiger partial charge in [0.25, 0.3) is 0 Å². The Kier molecular flexibility index (Phi) is 3.25. The van der Waals surface area contributed by atoms with E-state index in [2.05, 4.69) is 15.5 Å². The molecule has 0 aliphatic heterocycles. The molecule has 6 heteroatoms. The number of carbonyl (C=O) groups is 1. The maximum Gasteiger partial charge on any atom is 0.230 e. The zero-order valence-corrected chi connectivity index (χ0v) is 9.34. The standard InChI is InChI=1S/C12H10N4O2/c13-6-9-7-14-16-12(9)15-11(18)5-8-3-1-2-4-10(8)17/h1-4,7,17H,5H2,(H2,14,15,16,18). The van der Waals surface area contributed by atoms with Gasteiger partial charge < -0.3 is 10.4 Å². The summed E-state index contributed by atoms with van der Waals surface area (Å²) in [6.45, 7) is 0. The first kappa shape index (κ1) is 11.7. The van der Waals surface area contributed by atoms with Crippen molar-refractivity contribution in [3.05, 3.63) is 41.6 Å². The van der Waals surface area contributed by atoms with Crippen LogP contribution in [-0.2, 0) is 11.2 Å². The van der Waals surface area contributed by atoms with E-state index in [1.165, 1.54) is 12.3 Å². The Labute approximate surface area is 103 Å². The first-order valence-electron chi connectivity index (χ1n) is 5.21. The number of para-hydroxylation sites is 1. The molecule has 0 spiro atoms. The second-order valence-electron chi connectivity index (χ2n) is 3.62. The van der Waals surface area contributed by atoms with Crippen LogP contribution in [0.25, 0.3) is 0 Å². The number of hydrogen-bond acceptors (Lipinski definition) is 4. The minimum absolute atomic E-state index is 0.0244. The van der Waals surface area contributed by atoms with Crippen molar-refractivity contribution in [2.75, 3.05) is 5.32 Å². The molecule has 1 aromatic carbocycles. The average Bonchev–Trinajstić information content (AvgIpc) is 2.79. The van der Waals surface area contributed by atoms with Crippen molar-refractivity contribution in [1.82, 2.24) is 10.2 Å². The van der Waals surface area contributed by atoms with Crippen LogP contribution in [0.1, 0.15) is 11.1 Å². The Bertz CT molecular complexity index is 607. The molecular formula is C12H10N4O2. The summed E-state index contributed by atoms with van der Waals surface area (Å²) in [5.74, 6) is -0.00654. The third-order valence-electron chi connectivity index (χ3n) is 2.37. The summed E-state index contributed by atoms with van der Waals surface area (Å²) >= 11 is 0. The van der Waals surface area contributed by atoms with Gasteiger partial charge in [0, 0.05) is 5.56 Å². The number of aromatic amines is 1. The maximum atomic E-state index is 11.7. The largest absolute Gasteiger partial charge is 0.508 e. The maximum absolute atomic E-state index is 11.7. The number of nitrogens with zero attached hydrogens (tertiary/aromatic N) is 2. The number of benzene rings is 1. The van der Waals surface area contributed by atoms with Gasteiger partial charge in [0.1, 0.15) is 23.2 Å². The molecule has 0 unspecified atom stereocenters. The van der Waals surface area contributed by atoms with Gasteiger partial charge in [-0.25, -0.2) is 0 Å². The van der Waals surface area contributed by atoms with Gasteiger partial charge >= 0.3 is 0 Å². The number of phenols is 1. The van der Waals surface area contributed by atoms with Crippen LogP contribution in [0.2, 0.25) is 0 Å². The smallest absolute Gasteiger partial charge is 0.230 e. The number of rotatable bonds is 3. The summed E-state index contributed by atoms with van der Waals surface area (Å²) in [4.78, 5) is 11.7. The van der Waals surface area contributed by atoms with Crippen LogP contribution < -0.4 is 5.32 Å².